The Morgan fingerprint density at radius 2 is 0.711 bits per heavy atom. The summed E-state index contributed by atoms with van der Waals surface area (Å²) in [7, 11) is 0. The Morgan fingerprint density at radius 3 is 1.04 bits per heavy atom. The van der Waals surface area contributed by atoms with Gasteiger partial charge in [0, 0.05) is 19.3 Å². The molecule has 0 radical (unpaired) electrons. The van der Waals surface area contributed by atoms with Gasteiger partial charge in [-0.1, -0.05) is 40.0 Å². The molecule has 0 atom stereocenters. The molecule has 0 heterocycles. The van der Waals surface area contributed by atoms with Crippen LogP contribution < -0.4 is 0 Å². The SMILES string of the molecule is CCCCOC(=O)CCCOC(=O)OCC(COC(=O)OCCCC(=O)OCCCC)OC(=O)OCCCC(=O)OCCCC. The van der Waals surface area contributed by atoms with Crippen LogP contribution in [0.2, 0.25) is 0 Å². The van der Waals surface area contributed by atoms with E-state index in [1.165, 1.54) is 0 Å². The molecule has 0 amide bonds. The zero-order valence-electron chi connectivity index (χ0n) is 26.8. The van der Waals surface area contributed by atoms with Gasteiger partial charge in [-0.05, 0) is 38.5 Å². The van der Waals surface area contributed by atoms with E-state index >= 15 is 0 Å². The molecule has 0 spiro atoms. The molecule has 0 unspecified atom stereocenters. The van der Waals surface area contributed by atoms with Crippen LogP contribution in [0.15, 0.2) is 0 Å². The lowest BCUT2D eigenvalue weighted by atomic mass is 10.3. The Balaban J connectivity index is 4.59. The largest absolute Gasteiger partial charge is 0.508 e. The maximum absolute atomic E-state index is 12.1. The fourth-order valence-corrected chi connectivity index (χ4v) is 3.02. The van der Waals surface area contributed by atoms with Crippen LogP contribution >= 0.6 is 0 Å². The molecule has 0 aromatic carbocycles. The summed E-state index contributed by atoms with van der Waals surface area (Å²) < 4.78 is 44.7. The standard InChI is InChI=1S/C30H50O15/c1-4-7-16-37-25(31)13-10-19-40-28(34)43-22-24(45-30(36)42-21-12-15-27(33)39-18-9-6-3)23-44-29(35)41-20-11-14-26(32)38-17-8-5-2/h24H,4-23H2,1-3H3. The molecule has 0 aromatic rings. The molecule has 0 N–H and O–H groups in total. The molecule has 0 fully saturated rings. The fraction of sp³-hybridized carbons (Fsp3) is 0.800. The number of ether oxygens (including phenoxy) is 9. The highest BCUT2D eigenvalue weighted by Crippen LogP contribution is 2.05. The van der Waals surface area contributed by atoms with Gasteiger partial charge in [0.25, 0.3) is 0 Å². The van der Waals surface area contributed by atoms with E-state index in [9.17, 15) is 28.8 Å². The molecule has 0 rings (SSSR count). The Morgan fingerprint density at radius 1 is 0.400 bits per heavy atom. The molecule has 15 heteroatoms. The van der Waals surface area contributed by atoms with E-state index in [0.717, 1.165) is 38.5 Å². The van der Waals surface area contributed by atoms with Crippen molar-refractivity contribution >= 4 is 36.4 Å². The van der Waals surface area contributed by atoms with Crippen molar-refractivity contribution in [1.82, 2.24) is 0 Å². The number of carbonyl (C=O) groups is 6. The average molecular weight is 651 g/mol. The summed E-state index contributed by atoms with van der Waals surface area (Å²) in [5.74, 6) is -1.23. The first-order valence-corrected chi connectivity index (χ1v) is 15.6. The predicted molar refractivity (Wildman–Crippen MR) is 156 cm³/mol. The van der Waals surface area contributed by atoms with Gasteiger partial charge in [-0.15, -0.1) is 0 Å². The van der Waals surface area contributed by atoms with E-state index < -0.39 is 55.7 Å². The molecular weight excluding hydrogens is 600 g/mol. The lowest BCUT2D eigenvalue weighted by Crippen LogP contribution is -2.31. The average Bonchev–Trinajstić information content (AvgIpc) is 3.01. The lowest BCUT2D eigenvalue weighted by molar-refractivity contribution is -0.145. The van der Waals surface area contributed by atoms with E-state index in [1.807, 2.05) is 20.8 Å². The fourth-order valence-electron chi connectivity index (χ4n) is 3.02. The number of esters is 3. The van der Waals surface area contributed by atoms with Crippen LogP contribution in [0.25, 0.3) is 0 Å². The summed E-state index contributed by atoms with van der Waals surface area (Å²) in [6.07, 6.45) is 1.05. The first-order chi connectivity index (χ1) is 21.7. The smallest absolute Gasteiger partial charge is 0.466 e. The number of carbonyl (C=O) groups excluding carboxylic acids is 6. The molecule has 0 aliphatic heterocycles. The second-order valence-corrected chi connectivity index (χ2v) is 9.69. The summed E-state index contributed by atoms with van der Waals surface area (Å²) in [6, 6.07) is 0. The summed E-state index contributed by atoms with van der Waals surface area (Å²) in [4.78, 5) is 70.9. The number of rotatable bonds is 26. The normalized spacial score (nSPS) is 10.4. The van der Waals surface area contributed by atoms with E-state index in [0.29, 0.717) is 19.8 Å². The second kappa shape index (κ2) is 29.0. The van der Waals surface area contributed by atoms with Crippen LogP contribution in [-0.2, 0) is 57.0 Å². The first-order valence-electron chi connectivity index (χ1n) is 15.6. The van der Waals surface area contributed by atoms with Gasteiger partial charge in [-0.3, -0.25) is 14.4 Å². The molecule has 0 aliphatic carbocycles. The highest BCUT2D eigenvalue weighted by molar-refractivity contribution is 5.70. The third kappa shape index (κ3) is 27.5. The van der Waals surface area contributed by atoms with Crippen molar-refractivity contribution in [3.05, 3.63) is 0 Å². The molecule has 45 heavy (non-hydrogen) atoms. The van der Waals surface area contributed by atoms with Gasteiger partial charge in [-0.2, -0.15) is 0 Å². The van der Waals surface area contributed by atoms with Crippen molar-refractivity contribution in [1.29, 1.82) is 0 Å². The number of hydrogen-bond donors (Lipinski definition) is 0. The molecule has 0 saturated heterocycles. The minimum Gasteiger partial charge on any atom is -0.466 e. The van der Waals surface area contributed by atoms with Crippen molar-refractivity contribution in [3.8, 4) is 0 Å². The minimum absolute atomic E-state index is 0.0389. The third-order valence-electron chi connectivity index (χ3n) is 5.56. The van der Waals surface area contributed by atoms with Crippen molar-refractivity contribution in [3.63, 3.8) is 0 Å². The molecule has 0 aromatic heterocycles. The molecule has 260 valence electrons. The van der Waals surface area contributed by atoms with Gasteiger partial charge in [0.2, 0.25) is 0 Å². The van der Waals surface area contributed by atoms with Crippen LogP contribution in [0.3, 0.4) is 0 Å². The topological polar surface area (TPSA) is 185 Å². The van der Waals surface area contributed by atoms with Crippen molar-refractivity contribution < 1.29 is 71.4 Å². The van der Waals surface area contributed by atoms with Gasteiger partial charge in [0.15, 0.2) is 6.10 Å². The molecule has 15 nitrogen and oxygen atoms in total. The van der Waals surface area contributed by atoms with Crippen LogP contribution in [0.1, 0.15) is 97.8 Å². The van der Waals surface area contributed by atoms with Gasteiger partial charge in [0.1, 0.15) is 13.2 Å². The third-order valence-corrected chi connectivity index (χ3v) is 5.56. The summed E-state index contributed by atoms with van der Waals surface area (Å²) in [5, 5.41) is 0. The molecule has 0 aliphatic rings. The quantitative estimate of drug-likeness (QED) is 0.0676. The van der Waals surface area contributed by atoms with Gasteiger partial charge in [0.05, 0.1) is 39.6 Å². The van der Waals surface area contributed by atoms with Crippen molar-refractivity contribution in [2.75, 3.05) is 52.9 Å². The summed E-state index contributed by atoms with van der Waals surface area (Å²) in [6.45, 7) is 5.38. The van der Waals surface area contributed by atoms with Crippen LogP contribution in [0.5, 0.6) is 0 Å². The van der Waals surface area contributed by atoms with Gasteiger partial charge < -0.3 is 42.6 Å². The Bertz CT molecular complexity index is 799. The van der Waals surface area contributed by atoms with Crippen LogP contribution in [0.4, 0.5) is 14.4 Å². The van der Waals surface area contributed by atoms with Gasteiger partial charge >= 0.3 is 36.4 Å². The monoisotopic (exact) mass is 650 g/mol. The van der Waals surface area contributed by atoms with E-state index in [2.05, 4.69) is 0 Å². The first kappa shape index (κ1) is 41.2. The summed E-state index contributed by atoms with van der Waals surface area (Å²) in [5.41, 5.74) is 0. The lowest BCUT2D eigenvalue weighted by Gasteiger charge is -2.17. The number of hydrogen-bond acceptors (Lipinski definition) is 15. The molecular formula is C30H50O15. The number of unbranched alkanes of at least 4 members (excludes halogenated alkanes) is 3. The molecule has 0 bridgehead atoms. The summed E-state index contributed by atoms with van der Waals surface area (Å²) >= 11 is 0. The zero-order valence-corrected chi connectivity index (χ0v) is 26.8. The molecule has 0 saturated carbocycles. The van der Waals surface area contributed by atoms with Crippen LogP contribution in [0, 0.1) is 0 Å². The predicted octanol–water partition coefficient (Wildman–Crippen LogP) is 5.19. The van der Waals surface area contributed by atoms with E-state index in [1.54, 1.807) is 0 Å². The minimum atomic E-state index is -1.29. The van der Waals surface area contributed by atoms with Crippen LogP contribution in [-0.4, -0.2) is 95.3 Å². The second-order valence-electron chi connectivity index (χ2n) is 9.69. The highest BCUT2D eigenvalue weighted by atomic mass is 16.8. The zero-order chi connectivity index (χ0) is 33.5. The van der Waals surface area contributed by atoms with Gasteiger partial charge in [-0.25, -0.2) is 14.4 Å². The maximum Gasteiger partial charge on any atom is 0.508 e. The Kier molecular flexibility index (Phi) is 26.5. The Hall–Kier alpha value is -3.78. The maximum atomic E-state index is 12.1. The van der Waals surface area contributed by atoms with E-state index in [-0.39, 0.29) is 58.3 Å². The van der Waals surface area contributed by atoms with E-state index in [4.69, 9.17) is 42.6 Å². The van der Waals surface area contributed by atoms with Crippen molar-refractivity contribution in [2.24, 2.45) is 0 Å². The van der Waals surface area contributed by atoms with Crippen molar-refractivity contribution in [2.45, 2.75) is 104 Å². The Labute approximate surface area is 264 Å². The highest BCUT2D eigenvalue weighted by Gasteiger charge is 2.22.